The van der Waals surface area contributed by atoms with Gasteiger partial charge in [-0.15, -0.1) is 6.58 Å². The molecule has 12 heteroatoms. The predicted octanol–water partition coefficient (Wildman–Crippen LogP) is 3.30. The topological polar surface area (TPSA) is 156 Å². The fourth-order valence-electron chi connectivity index (χ4n) is 12.3. The first kappa shape index (κ1) is 35.3. The summed E-state index contributed by atoms with van der Waals surface area (Å²) in [7, 11) is 1.25. The Morgan fingerprint density at radius 2 is 1.60 bits per heavy atom. The Morgan fingerprint density at radius 1 is 0.958 bits per heavy atom. The van der Waals surface area contributed by atoms with E-state index in [1.165, 1.54) is 27.9 Å². The van der Waals surface area contributed by atoms with Gasteiger partial charge in [-0.05, 0) is 62.7 Å². The molecule has 0 aromatic rings. The molecule has 0 aromatic heterocycles. The number of ether oxygens (including phenoxy) is 7. The maximum absolute atomic E-state index is 13.9. The van der Waals surface area contributed by atoms with Crippen LogP contribution in [0.5, 0.6) is 0 Å². The molecule has 4 aliphatic carbocycles. The molecule has 48 heavy (non-hydrogen) atoms. The smallest absolute Gasteiger partial charge is 0.341 e. The first-order valence-electron chi connectivity index (χ1n) is 17.3. The van der Waals surface area contributed by atoms with Crippen molar-refractivity contribution in [2.24, 2.45) is 39.4 Å². The average molecular weight is 677 g/mol. The van der Waals surface area contributed by atoms with Crippen LogP contribution in [0.4, 0.5) is 0 Å². The van der Waals surface area contributed by atoms with Crippen LogP contribution in [0.15, 0.2) is 12.7 Å². The Hall–Kier alpha value is -2.54. The van der Waals surface area contributed by atoms with Gasteiger partial charge in [0.15, 0.2) is 6.10 Å². The summed E-state index contributed by atoms with van der Waals surface area (Å²) in [6.45, 7) is 16.8. The van der Waals surface area contributed by atoms with Crippen molar-refractivity contribution in [1.29, 1.82) is 0 Å². The number of esters is 4. The van der Waals surface area contributed by atoms with Crippen LogP contribution in [0, 0.1) is 39.4 Å². The lowest BCUT2D eigenvalue weighted by Crippen LogP contribution is -2.83. The molecule has 12 nitrogen and oxygen atoms in total. The van der Waals surface area contributed by atoms with Gasteiger partial charge < -0.3 is 38.3 Å². The second-order valence-corrected chi connectivity index (χ2v) is 15.9. The normalized spacial score (nSPS) is 49.0. The van der Waals surface area contributed by atoms with E-state index in [0.717, 1.165) is 0 Å². The lowest BCUT2D eigenvalue weighted by atomic mass is 9.32. The number of aliphatic hydroxyl groups is 1. The zero-order valence-corrected chi connectivity index (χ0v) is 29.5. The first-order valence-corrected chi connectivity index (χ1v) is 17.3. The molecule has 2 saturated heterocycles. The molecule has 4 unspecified atom stereocenters. The number of rotatable bonds is 8. The standard InChI is InChI=1S/C36H52O12/c1-10-15-44-23-16-35(41)25-11-13-31(6)24(12-14-34(18-43-17-26(31)34)19(2)45-20(3)37)32(25,7)28(46-21(4)38)29(47-22(5)39)33(35,8)36(27(23)48-36)30(40)42-9/h10,19,23-29,41H,1,11-18H2,2-9H3/t19?,23?,24?,25?,26-,27+,28+,29-,31+,32+,33+,34-,35+,36-/m0/s1. The van der Waals surface area contributed by atoms with Crippen LogP contribution in [0.3, 0.4) is 0 Å². The molecule has 0 bridgehead atoms. The van der Waals surface area contributed by atoms with Crippen molar-refractivity contribution in [3.05, 3.63) is 12.7 Å². The van der Waals surface area contributed by atoms with Gasteiger partial charge >= 0.3 is 23.9 Å². The van der Waals surface area contributed by atoms with Gasteiger partial charge in [0.1, 0.15) is 18.3 Å². The molecule has 6 rings (SSSR count). The molecule has 268 valence electrons. The third-order valence-electron chi connectivity index (χ3n) is 14.2. The second-order valence-electron chi connectivity index (χ2n) is 15.9. The quantitative estimate of drug-likeness (QED) is 0.174. The Labute approximate surface area is 282 Å². The van der Waals surface area contributed by atoms with Crippen LogP contribution < -0.4 is 0 Å². The van der Waals surface area contributed by atoms with Crippen LogP contribution in [0.1, 0.15) is 80.6 Å². The lowest BCUT2D eigenvalue weighted by Gasteiger charge is -2.73. The van der Waals surface area contributed by atoms with Crippen molar-refractivity contribution in [1.82, 2.24) is 0 Å². The molecular formula is C36H52O12. The summed E-state index contributed by atoms with van der Waals surface area (Å²) in [5, 5.41) is 13.5. The van der Waals surface area contributed by atoms with Crippen molar-refractivity contribution in [3.8, 4) is 0 Å². The molecular weight excluding hydrogens is 624 g/mol. The van der Waals surface area contributed by atoms with Gasteiger partial charge in [0.2, 0.25) is 5.60 Å². The SMILES string of the molecule is C=CCOC1C[C@@]2(O)C3CC[C@]4(C)C(CC[C@@]5(C(C)OC(C)=O)COC[C@H]54)[C@@]3(C)[C@H](OC(C)=O)[C@H](OC(C)=O)[C@@]2(C)[C@]2(C(=O)OC)O[C@H]12. The van der Waals surface area contributed by atoms with Gasteiger partial charge in [-0.25, -0.2) is 4.79 Å². The second kappa shape index (κ2) is 11.5. The summed E-state index contributed by atoms with van der Waals surface area (Å²) in [6, 6.07) is 0. The molecule has 0 radical (unpaired) electrons. The maximum atomic E-state index is 13.9. The molecule has 2 heterocycles. The minimum absolute atomic E-state index is 0.00318. The van der Waals surface area contributed by atoms with Gasteiger partial charge in [0.25, 0.3) is 0 Å². The summed E-state index contributed by atoms with van der Waals surface area (Å²) in [5.74, 6) is -2.96. The van der Waals surface area contributed by atoms with E-state index in [2.05, 4.69) is 13.5 Å². The summed E-state index contributed by atoms with van der Waals surface area (Å²) in [6.07, 6.45) is 0.0436. The highest BCUT2D eigenvalue weighted by Crippen LogP contribution is 2.78. The van der Waals surface area contributed by atoms with E-state index in [1.54, 1.807) is 13.0 Å². The molecule has 1 N–H and O–H groups in total. The minimum Gasteiger partial charge on any atom is -0.467 e. The Morgan fingerprint density at radius 3 is 2.21 bits per heavy atom. The van der Waals surface area contributed by atoms with Gasteiger partial charge in [-0.3, -0.25) is 14.4 Å². The van der Waals surface area contributed by atoms with Crippen molar-refractivity contribution in [2.75, 3.05) is 26.9 Å². The van der Waals surface area contributed by atoms with Crippen molar-refractivity contribution >= 4 is 23.9 Å². The number of fused-ring (bicyclic) bond motifs is 9. The van der Waals surface area contributed by atoms with E-state index in [4.69, 9.17) is 33.2 Å². The molecule has 6 fully saturated rings. The molecule has 0 spiro atoms. The molecule has 4 saturated carbocycles. The fraction of sp³-hybridized carbons (Fsp3) is 0.833. The van der Waals surface area contributed by atoms with Crippen molar-refractivity contribution in [2.45, 2.75) is 122 Å². The van der Waals surface area contributed by atoms with Crippen LogP contribution in [0.2, 0.25) is 0 Å². The highest BCUT2D eigenvalue weighted by atomic mass is 16.7. The van der Waals surface area contributed by atoms with E-state index >= 15 is 0 Å². The summed E-state index contributed by atoms with van der Waals surface area (Å²) < 4.78 is 42.4. The summed E-state index contributed by atoms with van der Waals surface area (Å²) in [4.78, 5) is 52.1. The molecule has 14 atom stereocenters. The highest BCUT2D eigenvalue weighted by Gasteiger charge is 2.91. The Bertz CT molecular complexity index is 1380. The number of epoxide rings is 1. The first-order chi connectivity index (χ1) is 22.5. The van der Waals surface area contributed by atoms with Gasteiger partial charge in [-0.2, -0.15) is 0 Å². The van der Waals surface area contributed by atoms with Crippen LogP contribution in [0.25, 0.3) is 0 Å². The predicted molar refractivity (Wildman–Crippen MR) is 168 cm³/mol. The zero-order chi connectivity index (χ0) is 35.2. The monoisotopic (exact) mass is 676 g/mol. The van der Waals surface area contributed by atoms with Gasteiger partial charge in [0, 0.05) is 38.0 Å². The third kappa shape index (κ3) is 4.33. The third-order valence-corrected chi connectivity index (χ3v) is 14.2. The number of carbonyl (C=O) groups excluding carboxylic acids is 4. The molecule has 2 aliphatic heterocycles. The summed E-state index contributed by atoms with van der Waals surface area (Å²) in [5.41, 5.74) is -6.78. The Balaban J connectivity index is 1.55. The van der Waals surface area contributed by atoms with Gasteiger partial charge in [0.05, 0.1) is 44.1 Å². The van der Waals surface area contributed by atoms with Crippen LogP contribution >= 0.6 is 0 Å². The molecule has 6 aliphatic rings. The van der Waals surface area contributed by atoms with Crippen molar-refractivity contribution in [3.63, 3.8) is 0 Å². The van der Waals surface area contributed by atoms with E-state index in [9.17, 15) is 24.3 Å². The fourth-order valence-corrected chi connectivity index (χ4v) is 12.3. The number of hydrogen-bond acceptors (Lipinski definition) is 12. The molecule has 0 aromatic carbocycles. The van der Waals surface area contributed by atoms with E-state index in [0.29, 0.717) is 38.9 Å². The maximum Gasteiger partial charge on any atom is 0.341 e. The minimum atomic E-state index is -1.73. The van der Waals surface area contributed by atoms with Crippen molar-refractivity contribution < 1.29 is 57.4 Å². The zero-order valence-electron chi connectivity index (χ0n) is 29.5. The number of methoxy groups -OCH3 is 1. The molecule has 0 amide bonds. The highest BCUT2D eigenvalue weighted by molar-refractivity contribution is 5.86. The average Bonchev–Trinajstić information content (AvgIpc) is 3.62. The summed E-state index contributed by atoms with van der Waals surface area (Å²) >= 11 is 0. The number of hydrogen-bond donors (Lipinski definition) is 1. The lowest BCUT2D eigenvalue weighted by molar-refractivity contribution is -0.343. The van der Waals surface area contributed by atoms with E-state index < -0.39 is 81.1 Å². The largest absolute Gasteiger partial charge is 0.467 e. The van der Waals surface area contributed by atoms with Gasteiger partial charge in [-0.1, -0.05) is 19.9 Å². The number of carbonyl (C=O) groups is 4. The van der Waals surface area contributed by atoms with E-state index in [-0.39, 0.29) is 36.9 Å². The van der Waals surface area contributed by atoms with E-state index in [1.807, 2.05) is 13.8 Å². The Kier molecular flexibility index (Phi) is 8.45. The van der Waals surface area contributed by atoms with Crippen LogP contribution in [-0.2, 0) is 52.3 Å². The van der Waals surface area contributed by atoms with Crippen LogP contribution in [-0.4, -0.2) is 97.6 Å².